The number of amides is 1. The molecule has 3 aromatic rings. The first kappa shape index (κ1) is 21.6. The molecule has 1 unspecified atom stereocenters. The summed E-state index contributed by atoms with van der Waals surface area (Å²) in [4.78, 5) is 21.7. The second kappa shape index (κ2) is 8.93. The summed E-state index contributed by atoms with van der Waals surface area (Å²) in [6.07, 6.45) is 3.91. The maximum absolute atomic E-state index is 12.7. The molecule has 32 heavy (non-hydrogen) atoms. The van der Waals surface area contributed by atoms with Gasteiger partial charge in [-0.15, -0.1) is 0 Å². The molecule has 1 N–H and O–H groups in total. The first-order valence-electron chi connectivity index (χ1n) is 11.2. The number of imidazole rings is 1. The predicted molar refractivity (Wildman–Crippen MR) is 130 cm³/mol. The van der Waals surface area contributed by atoms with Gasteiger partial charge in [0.05, 0.1) is 29.4 Å². The molecule has 0 radical (unpaired) electrons. The molecule has 2 aliphatic heterocycles. The number of carbonyl (C=O) groups excluding carboxylic acids is 1. The summed E-state index contributed by atoms with van der Waals surface area (Å²) in [5.74, 6) is 0.254. The minimum atomic E-state index is 0.00781. The molecule has 6 nitrogen and oxygen atoms in total. The van der Waals surface area contributed by atoms with Crippen molar-refractivity contribution >= 4 is 45.8 Å². The Labute approximate surface area is 198 Å². The van der Waals surface area contributed by atoms with Crippen LogP contribution in [0.2, 0.25) is 10.0 Å². The van der Waals surface area contributed by atoms with Gasteiger partial charge in [0.15, 0.2) is 0 Å². The summed E-state index contributed by atoms with van der Waals surface area (Å²) in [7, 11) is 0. The molecular formula is C24H27Cl2N5O. The van der Waals surface area contributed by atoms with Crippen LogP contribution < -0.4 is 10.2 Å². The van der Waals surface area contributed by atoms with Crippen molar-refractivity contribution in [3.05, 3.63) is 58.3 Å². The molecular weight excluding hydrogens is 445 g/mol. The molecule has 0 saturated carbocycles. The first-order valence-corrected chi connectivity index (χ1v) is 12.0. The number of anilines is 1. The maximum Gasteiger partial charge on any atom is 0.239 e. The topological polar surface area (TPSA) is 53.4 Å². The van der Waals surface area contributed by atoms with Crippen molar-refractivity contribution in [1.29, 1.82) is 0 Å². The summed E-state index contributed by atoms with van der Waals surface area (Å²) in [5.41, 5.74) is 4.18. The summed E-state index contributed by atoms with van der Waals surface area (Å²) < 4.78 is 2.15. The first-order chi connectivity index (χ1) is 15.5. The van der Waals surface area contributed by atoms with Crippen LogP contribution in [0.4, 0.5) is 5.69 Å². The Kier molecular flexibility index (Phi) is 6.01. The van der Waals surface area contributed by atoms with Crippen LogP contribution in [0.3, 0.4) is 0 Å². The van der Waals surface area contributed by atoms with E-state index < -0.39 is 0 Å². The van der Waals surface area contributed by atoms with E-state index >= 15 is 0 Å². The number of rotatable bonds is 4. The SMILES string of the molecule is CC(c1ccc(Cl)cc1Cl)n1cnc2ccc(N3CCN(C(=O)[C@H]4CCCN4)CC3)cc21. The quantitative estimate of drug-likeness (QED) is 0.614. The number of carbonyl (C=O) groups is 1. The highest BCUT2D eigenvalue weighted by molar-refractivity contribution is 6.35. The van der Waals surface area contributed by atoms with E-state index in [4.69, 9.17) is 23.2 Å². The van der Waals surface area contributed by atoms with E-state index in [0.29, 0.717) is 10.0 Å². The molecule has 1 aromatic heterocycles. The smallest absolute Gasteiger partial charge is 0.239 e. The average Bonchev–Trinajstić information content (AvgIpc) is 3.48. The molecule has 0 bridgehead atoms. The van der Waals surface area contributed by atoms with Gasteiger partial charge in [0.1, 0.15) is 0 Å². The Morgan fingerprint density at radius 2 is 1.94 bits per heavy atom. The molecule has 2 fully saturated rings. The highest BCUT2D eigenvalue weighted by atomic mass is 35.5. The number of hydrogen-bond donors (Lipinski definition) is 1. The zero-order chi connectivity index (χ0) is 22.2. The van der Waals surface area contributed by atoms with E-state index in [1.165, 1.54) is 0 Å². The minimum Gasteiger partial charge on any atom is -0.368 e. The Morgan fingerprint density at radius 3 is 2.66 bits per heavy atom. The standard InChI is InChI=1S/C24H27Cl2N5O/c1-16(19-6-4-17(25)13-20(19)26)31-15-28-21-7-5-18(14-23(21)31)29-9-11-30(12-10-29)24(32)22-3-2-8-27-22/h4-7,13-16,22,27H,2-3,8-12H2,1H3/t16?,22-/m1/s1. The number of halogens is 2. The summed E-state index contributed by atoms with van der Waals surface area (Å²) in [6.45, 7) is 6.23. The number of aromatic nitrogens is 2. The fourth-order valence-electron chi connectivity index (χ4n) is 4.81. The van der Waals surface area contributed by atoms with Crippen LogP contribution in [0.25, 0.3) is 11.0 Å². The van der Waals surface area contributed by atoms with Crippen LogP contribution in [-0.2, 0) is 4.79 Å². The second-order valence-electron chi connectivity index (χ2n) is 8.63. The third-order valence-electron chi connectivity index (χ3n) is 6.70. The number of nitrogens with zero attached hydrogens (tertiary/aromatic N) is 4. The van der Waals surface area contributed by atoms with Gasteiger partial charge in [-0.05, 0) is 62.2 Å². The van der Waals surface area contributed by atoms with E-state index in [0.717, 1.165) is 67.8 Å². The largest absolute Gasteiger partial charge is 0.368 e. The van der Waals surface area contributed by atoms with Crippen molar-refractivity contribution in [2.24, 2.45) is 0 Å². The summed E-state index contributed by atoms with van der Waals surface area (Å²) in [5, 5.41) is 4.60. The molecule has 1 amide bonds. The Hall–Kier alpha value is -2.28. The van der Waals surface area contributed by atoms with Gasteiger partial charge < -0.3 is 19.7 Å². The Bertz CT molecular complexity index is 1130. The third kappa shape index (κ3) is 4.07. The lowest BCUT2D eigenvalue weighted by Gasteiger charge is -2.37. The van der Waals surface area contributed by atoms with Gasteiger partial charge in [0, 0.05) is 41.9 Å². The maximum atomic E-state index is 12.7. The molecule has 168 valence electrons. The lowest BCUT2D eigenvalue weighted by Crippen LogP contribution is -2.53. The van der Waals surface area contributed by atoms with Crippen molar-refractivity contribution in [1.82, 2.24) is 19.8 Å². The second-order valence-corrected chi connectivity index (χ2v) is 9.47. The highest BCUT2D eigenvalue weighted by Crippen LogP contribution is 2.32. The van der Waals surface area contributed by atoms with Crippen molar-refractivity contribution in [3.8, 4) is 0 Å². The lowest BCUT2D eigenvalue weighted by atomic mass is 10.1. The van der Waals surface area contributed by atoms with Gasteiger partial charge in [-0.1, -0.05) is 29.3 Å². The molecule has 5 rings (SSSR count). The van der Waals surface area contributed by atoms with Crippen molar-refractivity contribution in [3.63, 3.8) is 0 Å². The lowest BCUT2D eigenvalue weighted by molar-refractivity contribution is -0.133. The zero-order valence-electron chi connectivity index (χ0n) is 18.1. The van der Waals surface area contributed by atoms with Crippen LogP contribution in [0.15, 0.2) is 42.7 Å². The average molecular weight is 472 g/mol. The van der Waals surface area contributed by atoms with Crippen LogP contribution in [0, 0.1) is 0 Å². The normalized spacial score (nSPS) is 20.2. The fourth-order valence-corrected chi connectivity index (χ4v) is 5.38. The van der Waals surface area contributed by atoms with Crippen LogP contribution >= 0.6 is 23.2 Å². The van der Waals surface area contributed by atoms with Gasteiger partial charge in [0.25, 0.3) is 0 Å². The number of fused-ring (bicyclic) bond motifs is 1. The van der Waals surface area contributed by atoms with Gasteiger partial charge in [-0.25, -0.2) is 4.98 Å². The number of hydrogen-bond acceptors (Lipinski definition) is 4. The van der Waals surface area contributed by atoms with Gasteiger partial charge in [0.2, 0.25) is 5.91 Å². The van der Waals surface area contributed by atoms with Crippen LogP contribution in [0.5, 0.6) is 0 Å². The van der Waals surface area contributed by atoms with Gasteiger partial charge in [-0.3, -0.25) is 4.79 Å². The van der Waals surface area contributed by atoms with Crippen molar-refractivity contribution < 1.29 is 4.79 Å². The van der Waals surface area contributed by atoms with Crippen LogP contribution in [-0.4, -0.2) is 59.1 Å². The zero-order valence-corrected chi connectivity index (χ0v) is 19.6. The predicted octanol–water partition coefficient (Wildman–Crippen LogP) is 4.35. The number of piperazine rings is 1. The highest BCUT2D eigenvalue weighted by Gasteiger charge is 2.29. The van der Waals surface area contributed by atoms with Gasteiger partial charge >= 0.3 is 0 Å². The molecule has 2 saturated heterocycles. The molecule has 2 aliphatic rings. The number of nitrogens with one attached hydrogen (secondary N) is 1. The van der Waals surface area contributed by atoms with Crippen LogP contribution in [0.1, 0.15) is 31.4 Å². The van der Waals surface area contributed by atoms with E-state index in [9.17, 15) is 4.79 Å². The molecule has 8 heteroatoms. The minimum absolute atomic E-state index is 0.00781. The van der Waals surface area contributed by atoms with Gasteiger partial charge in [-0.2, -0.15) is 0 Å². The van der Waals surface area contributed by atoms with Crippen molar-refractivity contribution in [2.75, 3.05) is 37.6 Å². The molecule has 0 spiro atoms. The monoisotopic (exact) mass is 471 g/mol. The summed E-state index contributed by atoms with van der Waals surface area (Å²) >= 11 is 12.5. The molecule has 2 aromatic carbocycles. The fraction of sp³-hybridized carbons (Fsp3) is 0.417. The molecule has 0 aliphatic carbocycles. The van der Waals surface area contributed by atoms with E-state index in [-0.39, 0.29) is 18.0 Å². The Balaban J connectivity index is 1.34. The van der Waals surface area contributed by atoms with E-state index in [2.05, 4.69) is 44.9 Å². The molecule has 2 atom stereocenters. The summed E-state index contributed by atoms with van der Waals surface area (Å²) in [6, 6.07) is 12.0. The van der Waals surface area contributed by atoms with E-state index in [1.807, 2.05) is 23.4 Å². The van der Waals surface area contributed by atoms with Crippen molar-refractivity contribution in [2.45, 2.75) is 31.8 Å². The van der Waals surface area contributed by atoms with E-state index in [1.54, 1.807) is 6.07 Å². The Morgan fingerprint density at radius 1 is 1.12 bits per heavy atom. The molecule has 3 heterocycles. The third-order valence-corrected chi connectivity index (χ3v) is 7.27. The number of benzene rings is 2.